The van der Waals surface area contributed by atoms with Gasteiger partial charge >= 0.3 is 17.9 Å². The summed E-state index contributed by atoms with van der Waals surface area (Å²) in [4.78, 5) is 37.8. The Morgan fingerprint density at radius 1 is 0.364 bits per heavy atom. The van der Waals surface area contributed by atoms with Crippen LogP contribution < -0.4 is 0 Å². The largest absolute Gasteiger partial charge is 0.462 e. The van der Waals surface area contributed by atoms with Crippen LogP contribution in [0.1, 0.15) is 260 Å². The lowest BCUT2D eigenvalue weighted by Crippen LogP contribution is -2.30. The molecule has 0 N–H and O–H groups in total. The molecule has 0 spiro atoms. The second kappa shape index (κ2) is 40.6. The van der Waals surface area contributed by atoms with Crippen molar-refractivity contribution in [3.63, 3.8) is 0 Å². The molecular weight excluding hydrogens is 685 g/mol. The molecular formula is C49H94O6. The molecule has 1 unspecified atom stereocenters. The molecule has 0 saturated heterocycles. The maximum Gasteiger partial charge on any atom is 0.306 e. The topological polar surface area (TPSA) is 78.9 Å². The predicted octanol–water partition coefficient (Wildman–Crippen LogP) is 15.2. The molecule has 2 atom stereocenters. The van der Waals surface area contributed by atoms with Crippen molar-refractivity contribution in [2.45, 2.75) is 266 Å². The summed E-state index contributed by atoms with van der Waals surface area (Å²) in [6.07, 6.45) is 38.1. The molecule has 6 nitrogen and oxygen atoms in total. The molecule has 0 aromatic heterocycles. The van der Waals surface area contributed by atoms with Gasteiger partial charge in [-0.05, 0) is 37.0 Å². The second-order valence-corrected chi connectivity index (χ2v) is 17.9. The van der Waals surface area contributed by atoms with Crippen molar-refractivity contribution >= 4 is 17.9 Å². The highest BCUT2D eigenvalue weighted by Crippen LogP contribution is 2.17. The highest BCUT2D eigenvalue weighted by atomic mass is 16.6. The van der Waals surface area contributed by atoms with Gasteiger partial charge in [0, 0.05) is 19.3 Å². The Morgan fingerprint density at radius 2 is 0.636 bits per heavy atom. The number of hydrogen-bond acceptors (Lipinski definition) is 6. The van der Waals surface area contributed by atoms with E-state index in [1.54, 1.807) is 0 Å². The Hall–Kier alpha value is -1.59. The molecule has 0 saturated carbocycles. The molecule has 0 aromatic rings. The van der Waals surface area contributed by atoms with E-state index >= 15 is 0 Å². The van der Waals surface area contributed by atoms with Crippen LogP contribution in [0, 0.1) is 17.8 Å². The van der Waals surface area contributed by atoms with Gasteiger partial charge in [-0.2, -0.15) is 0 Å². The van der Waals surface area contributed by atoms with E-state index in [0.717, 1.165) is 75.5 Å². The molecule has 0 radical (unpaired) electrons. The molecule has 0 aliphatic rings. The fourth-order valence-corrected chi connectivity index (χ4v) is 7.20. The number of ether oxygens (including phenoxy) is 3. The number of rotatable bonds is 42. The van der Waals surface area contributed by atoms with Crippen LogP contribution in [-0.4, -0.2) is 37.2 Å². The summed E-state index contributed by atoms with van der Waals surface area (Å²) in [6.45, 7) is 13.6. The van der Waals surface area contributed by atoms with Gasteiger partial charge in [-0.25, -0.2) is 0 Å². The summed E-state index contributed by atoms with van der Waals surface area (Å²) in [5.74, 6) is 1.60. The van der Waals surface area contributed by atoms with Crippen LogP contribution in [0.4, 0.5) is 0 Å². The van der Waals surface area contributed by atoms with Crippen molar-refractivity contribution in [1.82, 2.24) is 0 Å². The minimum atomic E-state index is -0.762. The van der Waals surface area contributed by atoms with Crippen LogP contribution in [-0.2, 0) is 28.6 Å². The summed E-state index contributed by atoms with van der Waals surface area (Å²) in [5, 5.41) is 0. The lowest BCUT2D eigenvalue weighted by molar-refractivity contribution is -0.167. The summed E-state index contributed by atoms with van der Waals surface area (Å²) in [7, 11) is 0. The maximum absolute atomic E-state index is 12.7. The zero-order chi connectivity index (χ0) is 40.6. The lowest BCUT2D eigenvalue weighted by atomic mass is 9.99. The Labute approximate surface area is 342 Å². The van der Waals surface area contributed by atoms with Crippen LogP contribution in [0.2, 0.25) is 0 Å². The Kier molecular flexibility index (Phi) is 39.4. The first-order valence-corrected chi connectivity index (χ1v) is 24.1. The number of unbranched alkanes of at least 4 members (excludes halogenated alkanes) is 24. The number of hydrogen-bond donors (Lipinski definition) is 0. The highest BCUT2D eigenvalue weighted by Gasteiger charge is 2.19. The molecule has 0 rings (SSSR count). The van der Waals surface area contributed by atoms with E-state index in [1.807, 2.05) is 0 Å². The third kappa shape index (κ3) is 41.9. The van der Waals surface area contributed by atoms with E-state index in [1.165, 1.54) is 141 Å². The van der Waals surface area contributed by atoms with Gasteiger partial charge in [-0.3, -0.25) is 14.4 Å². The van der Waals surface area contributed by atoms with Gasteiger partial charge in [-0.15, -0.1) is 0 Å². The smallest absolute Gasteiger partial charge is 0.306 e. The monoisotopic (exact) mass is 779 g/mol. The van der Waals surface area contributed by atoms with Gasteiger partial charge in [0.05, 0.1) is 0 Å². The third-order valence-electron chi connectivity index (χ3n) is 11.3. The van der Waals surface area contributed by atoms with Crippen molar-refractivity contribution in [2.75, 3.05) is 13.2 Å². The Bertz CT molecular complexity index is 854. The van der Waals surface area contributed by atoms with E-state index in [0.29, 0.717) is 19.3 Å². The van der Waals surface area contributed by atoms with Crippen molar-refractivity contribution in [3.05, 3.63) is 0 Å². The first kappa shape index (κ1) is 53.4. The average Bonchev–Trinajstić information content (AvgIpc) is 3.15. The fraction of sp³-hybridized carbons (Fsp3) is 0.939. The Morgan fingerprint density at radius 3 is 0.945 bits per heavy atom. The normalized spacial score (nSPS) is 12.7. The summed E-state index contributed by atoms with van der Waals surface area (Å²) < 4.78 is 16.7. The van der Waals surface area contributed by atoms with Crippen LogP contribution in [0.5, 0.6) is 0 Å². The van der Waals surface area contributed by atoms with Crippen LogP contribution in [0.15, 0.2) is 0 Å². The van der Waals surface area contributed by atoms with Gasteiger partial charge in [0.2, 0.25) is 0 Å². The highest BCUT2D eigenvalue weighted by molar-refractivity contribution is 5.71. The second-order valence-electron chi connectivity index (χ2n) is 17.9. The van der Waals surface area contributed by atoms with E-state index < -0.39 is 6.10 Å². The maximum atomic E-state index is 12.7. The summed E-state index contributed by atoms with van der Waals surface area (Å²) >= 11 is 0. The molecule has 0 bridgehead atoms. The summed E-state index contributed by atoms with van der Waals surface area (Å²) in [6, 6.07) is 0. The number of carbonyl (C=O) groups is 3. The predicted molar refractivity (Wildman–Crippen MR) is 233 cm³/mol. The molecule has 0 fully saturated rings. The van der Waals surface area contributed by atoms with E-state index in [-0.39, 0.29) is 31.1 Å². The SMILES string of the molecule is CCC(C)CCCCCCCCCCCCC(=O)OC[C@H](COC(=O)CCCCCCCCC(C)C)OC(=O)CCCCCCCCCCCCCC(C)C. The molecule has 0 aliphatic carbocycles. The summed E-state index contributed by atoms with van der Waals surface area (Å²) in [5.41, 5.74) is 0. The van der Waals surface area contributed by atoms with Gasteiger partial charge in [-0.1, -0.05) is 221 Å². The molecule has 326 valence electrons. The van der Waals surface area contributed by atoms with Gasteiger partial charge in [0.1, 0.15) is 13.2 Å². The molecule has 0 aliphatic heterocycles. The van der Waals surface area contributed by atoms with Crippen LogP contribution in [0.3, 0.4) is 0 Å². The van der Waals surface area contributed by atoms with Crippen molar-refractivity contribution in [3.8, 4) is 0 Å². The lowest BCUT2D eigenvalue weighted by Gasteiger charge is -2.18. The zero-order valence-electron chi connectivity index (χ0n) is 37.7. The van der Waals surface area contributed by atoms with Crippen molar-refractivity contribution in [1.29, 1.82) is 0 Å². The first-order chi connectivity index (χ1) is 26.6. The van der Waals surface area contributed by atoms with E-state index in [2.05, 4.69) is 41.5 Å². The number of esters is 3. The average molecular weight is 779 g/mol. The fourth-order valence-electron chi connectivity index (χ4n) is 7.20. The van der Waals surface area contributed by atoms with Crippen LogP contribution >= 0.6 is 0 Å². The molecule has 55 heavy (non-hydrogen) atoms. The van der Waals surface area contributed by atoms with Gasteiger partial charge in [0.25, 0.3) is 0 Å². The standard InChI is InChI=1S/C49H94O6/c1-7-45(6)37-31-25-18-14-11-12-15-19-26-32-38-47(50)53-41-46(42-54-48(51)39-33-27-22-21-24-30-36-44(4)5)55-49(52)40-34-28-20-16-10-8-9-13-17-23-29-35-43(2)3/h43-46H,7-42H2,1-6H3/t45?,46-/m1/s1. The molecule has 0 amide bonds. The molecule has 0 aromatic carbocycles. The third-order valence-corrected chi connectivity index (χ3v) is 11.3. The van der Waals surface area contributed by atoms with Gasteiger partial charge < -0.3 is 14.2 Å². The first-order valence-electron chi connectivity index (χ1n) is 24.1. The minimum Gasteiger partial charge on any atom is -0.462 e. The quantitative estimate of drug-likeness (QED) is 0.0349. The van der Waals surface area contributed by atoms with Crippen molar-refractivity contribution < 1.29 is 28.6 Å². The molecule has 0 heterocycles. The zero-order valence-corrected chi connectivity index (χ0v) is 37.7. The van der Waals surface area contributed by atoms with Crippen molar-refractivity contribution in [2.24, 2.45) is 17.8 Å². The minimum absolute atomic E-state index is 0.0662. The number of carbonyl (C=O) groups excluding carboxylic acids is 3. The Balaban J connectivity index is 4.32. The van der Waals surface area contributed by atoms with Gasteiger partial charge in [0.15, 0.2) is 6.10 Å². The molecule has 6 heteroatoms. The van der Waals surface area contributed by atoms with Crippen LogP contribution in [0.25, 0.3) is 0 Å². The van der Waals surface area contributed by atoms with E-state index in [4.69, 9.17) is 14.2 Å². The van der Waals surface area contributed by atoms with E-state index in [9.17, 15) is 14.4 Å².